The molecule has 8 nitrogen and oxygen atoms in total. The molecule has 2 aliphatic heterocycles. The van der Waals surface area contributed by atoms with Crippen molar-refractivity contribution in [3.8, 4) is 11.4 Å². The summed E-state index contributed by atoms with van der Waals surface area (Å²) in [6, 6.07) is 12.3. The zero-order valence-corrected chi connectivity index (χ0v) is 22.0. The molecular formula is C26H32FN5O3Si. The van der Waals surface area contributed by atoms with E-state index >= 15 is 0 Å². The average molecular weight is 510 g/mol. The van der Waals surface area contributed by atoms with E-state index < -0.39 is 14.2 Å². The highest BCUT2D eigenvalue weighted by molar-refractivity contribution is 6.76. The molecule has 1 amide bonds. The Balaban J connectivity index is 1.24. The molecule has 0 radical (unpaired) electrons. The van der Waals surface area contributed by atoms with Gasteiger partial charge in [0.05, 0.1) is 41.9 Å². The first kappa shape index (κ1) is 24.5. The Kier molecular flexibility index (Phi) is 6.81. The number of amides is 1. The maximum Gasteiger partial charge on any atom is 0.262 e. The minimum Gasteiger partial charge on any atom is -0.465 e. The van der Waals surface area contributed by atoms with Crippen molar-refractivity contribution in [2.75, 3.05) is 36.3 Å². The second-order valence-corrected chi connectivity index (χ2v) is 16.1. The number of anilines is 2. The molecule has 3 aromatic rings. The van der Waals surface area contributed by atoms with Crippen molar-refractivity contribution in [1.82, 2.24) is 14.8 Å². The van der Waals surface area contributed by atoms with E-state index in [1.54, 1.807) is 22.0 Å². The van der Waals surface area contributed by atoms with Gasteiger partial charge in [0.25, 0.3) is 5.91 Å². The van der Waals surface area contributed by atoms with Gasteiger partial charge in [0.2, 0.25) is 0 Å². The van der Waals surface area contributed by atoms with Crippen LogP contribution in [0.3, 0.4) is 0 Å². The summed E-state index contributed by atoms with van der Waals surface area (Å²) in [4.78, 5) is 21.4. The number of carbonyl (C=O) groups excluding carboxylic acids is 1. The number of nitrogens with zero attached hydrogens (tertiary/aromatic N) is 5. The van der Waals surface area contributed by atoms with Crippen LogP contribution >= 0.6 is 0 Å². The van der Waals surface area contributed by atoms with Crippen LogP contribution < -0.4 is 14.5 Å². The Labute approximate surface area is 211 Å². The molecule has 0 unspecified atom stereocenters. The number of carbonyl (C=O) groups is 1. The number of para-hydroxylation sites is 2. The number of pyridine rings is 1. The van der Waals surface area contributed by atoms with E-state index in [2.05, 4.69) is 29.7 Å². The van der Waals surface area contributed by atoms with Crippen molar-refractivity contribution < 1.29 is 18.7 Å². The van der Waals surface area contributed by atoms with Crippen LogP contribution in [-0.4, -0.2) is 61.4 Å². The van der Waals surface area contributed by atoms with E-state index in [-0.39, 0.29) is 12.7 Å². The topological polar surface area (TPSA) is 72.7 Å². The van der Waals surface area contributed by atoms with Crippen molar-refractivity contribution in [3.05, 3.63) is 60.0 Å². The first-order valence-electron chi connectivity index (χ1n) is 12.3. The molecule has 1 fully saturated rings. The lowest BCUT2D eigenvalue weighted by Crippen LogP contribution is -2.25. The molecule has 190 valence electrons. The van der Waals surface area contributed by atoms with Gasteiger partial charge in [0.1, 0.15) is 17.7 Å². The zero-order valence-electron chi connectivity index (χ0n) is 21.0. The number of aromatic nitrogens is 3. The summed E-state index contributed by atoms with van der Waals surface area (Å²) in [6.07, 6.45) is 3.18. The molecule has 5 rings (SSSR count). The Hall–Kier alpha value is -3.24. The van der Waals surface area contributed by atoms with Crippen LogP contribution in [0.4, 0.5) is 15.9 Å². The number of hydrogen-bond donors (Lipinski definition) is 0. The summed E-state index contributed by atoms with van der Waals surface area (Å²) in [5.41, 5.74) is 2.71. The van der Waals surface area contributed by atoms with Crippen molar-refractivity contribution in [2.45, 2.75) is 44.8 Å². The lowest BCUT2D eigenvalue weighted by molar-refractivity contribution is 0.0223. The lowest BCUT2D eigenvalue weighted by atomic mass is 10.2. The number of ether oxygens (including phenoxy) is 2. The number of rotatable bonds is 9. The molecule has 0 bridgehead atoms. The smallest absolute Gasteiger partial charge is 0.262 e. The third-order valence-electron chi connectivity index (χ3n) is 6.48. The normalized spacial score (nSPS) is 17.7. The van der Waals surface area contributed by atoms with Gasteiger partial charge in [-0.1, -0.05) is 31.8 Å². The molecule has 0 aliphatic carbocycles. The summed E-state index contributed by atoms with van der Waals surface area (Å²) in [6.45, 7) is 9.15. The fourth-order valence-electron chi connectivity index (χ4n) is 4.37. The van der Waals surface area contributed by atoms with Gasteiger partial charge < -0.3 is 14.4 Å². The van der Waals surface area contributed by atoms with Gasteiger partial charge in [-0.3, -0.25) is 9.69 Å². The predicted molar refractivity (Wildman–Crippen MR) is 140 cm³/mol. The Morgan fingerprint density at radius 2 is 2.00 bits per heavy atom. The van der Waals surface area contributed by atoms with Gasteiger partial charge in [0, 0.05) is 27.4 Å². The summed E-state index contributed by atoms with van der Waals surface area (Å²) < 4.78 is 26.7. The summed E-state index contributed by atoms with van der Waals surface area (Å²) >= 11 is 0. The molecule has 1 saturated heterocycles. The standard InChI is InChI=1S/C26H32FN5O3Si/c1-36(2,3)13-12-34-18-35-24-7-5-4-6-23(24)31-17-22-21(26(31)33)16-32(29-22)20-8-9-25(28-14-20)30-11-10-19(27)15-30/h4-9,14,16,19H,10-13,15,17-18H2,1-3H3/t19-/m1/s1. The number of alkyl halides is 1. The largest absolute Gasteiger partial charge is 0.465 e. The lowest BCUT2D eigenvalue weighted by Gasteiger charge is -2.20. The number of benzene rings is 1. The van der Waals surface area contributed by atoms with Crippen LogP contribution in [0.2, 0.25) is 25.7 Å². The van der Waals surface area contributed by atoms with Gasteiger partial charge in [-0.05, 0) is 36.7 Å². The van der Waals surface area contributed by atoms with Crippen LogP contribution in [0.15, 0.2) is 48.8 Å². The fourth-order valence-corrected chi connectivity index (χ4v) is 5.13. The van der Waals surface area contributed by atoms with E-state index in [1.807, 2.05) is 41.3 Å². The molecular weight excluding hydrogens is 477 g/mol. The first-order chi connectivity index (χ1) is 17.3. The molecule has 1 aromatic carbocycles. The Bertz CT molecular complexity index is 1230. The van der Waals surface area contributed by atoms with Gasteiger partial charge in [0.15, 0.2) is 6.79 Å². The van der Waals surface area contributed by atoms with E-state index in [0.717, 1.165) is 17.5 Å². The van der Waals surface area contributed by atoms with E-state index in [0.29, 0.717) is 55.4 Å². The molecule has 0 spiro atoms. The highest BCUT2D eigenvalue weighted by atomic mass is 28.3. The van der Waals surface area contributed by atoms with Crippen molar-refractivity contribution in [2.24, 2.45) is 0 Å². The highest BCUT2D eigenvalue weighted by Crippen LogP contribution is 2.35. The Morgan fingerprint density at radius 1 is 1.17 bits per heavy atom. The minimum absolute atomic E-state index is 0.123. The maximum absolute atomic E-state index is 13.5. The van der Waals surface area contributed by atoms with Crippen LogP contribution in [0, 0.1) is 0 Å². The molecule has 2 aliphatic rings. The number of hydrogen-bond acceptors (Lipinski definition) is 6. The summed E-state index contributed by atoms with van der Waals surface area (Å²) in [5.74, 6) is 1.23. The number of halogens is 1. The molecule has 4 heterocycles. The van der Waals surface area contributed by atoms with Gasteiger partial charge in [-0.25, -0.2) is 14.1 Å². The molecule has 36 heavy (non-hydrogen) atoms. The van der Waals surface area contributed by atoms with E-state index in [1.165, 1.54) is 0 Å². The van der Waals surface area contributed by atoms with Crippen LogP contribution in [0.1, 0.15) is 22.5 Å². The van der Waals surface area contributed by atoms with Crippen LogP contribution in [-0.2, 0) is 11.3 Å². The molecule has 0 N–H and O–H groups in total. The zero-order chi connectivity index (χ0) is 25.3. The summed E-state index contributed by atoms with van der Waals surface area (Å²) in [7, 11) is -1.16. The fraction of sp³-hybridized carbons (Fsp3) is 0.423. The van der Waals surface area contributed by atoms with Gasteiger partial charge in [-0.15, -0.1) is 0 Å². The van der Waals surface area contributed by atoms with Crippen LogP contribution in [0.25, 0.3) is 5.69 Å². The first-order valence-corrected chi connectivity index (χ1v) is 16.0. The molecule has 0 saturated carbocycles. The van der Waals surface area contributed by atoms with Crippen molar-refractivity contribution in [1.29, 1.82) is 0 Å². The SMILES string of the molecule is C[Si](C)(C)CCOCOc1ccccc1N1Cc2nn(-c3ccc(N4CC[C@@H](F)C4)nc3)cc2C1=O. The molecule has 1 atom stereocenters. The summed E-state index contributed by atoms with van der Waals surface area (Å²) in [5, 5.41) is 4.64. The third kappa shape index (κ3) is 5.29. The minimum atomic E-state index is -1.16. The van der Waals surface area contributed by atoms with E-state index in [9.17, 15) is 9.18 Å². The van der Waals surface area contributed by atoms with E-state index in [4.69, 9.17) is 9.47 Å². The van der Waals surface area contributed by atoms with Gasteiger partial charge in [-0.2, -0.15) is 5.10 Å². The monoisotopic (exact) mass is 509 g/mol. The van der Waals surface area contributed by atoms with Crippen molar-refractivity contribution >= 4 is 25.5 Å². The number of fused-ring (bicyclic) bond motifs is 1. The van der Waals surface area contributed by atoms with Gasteiger partial charge >= 0.3 is 0 Å². The Morgan fingerprint density at radius 3 is 2.69 bits per heavy atom. The average Bonchev–Trinajstić information content (AvgIpc) is 3.55. The predicted octanol–water partition coefficient (Wildman–Crippen LogP) is 4.67. The van der Waals surface area contributed by atoms with Crippen LogP contribution in [0.5, 0.6) is 5.75 Å². The molecule has 2 aromatic heterocycles. The second kappa shape index (κ2) is 10.0. The third-order valence-corrected chi connectivity index (χ3v) is 8.18. The quantitative estimate of drug-likeness (QED) is 0.237. The maximum atomic E-state index is 13.5. The highest BCUT2D eigenvalue weighted by Gasteiger charge is 2.33. The second-order valence-electron chi connectivity index (χ2n) is 10.5. The molecule has 10 heteroatoms. The van der Waals surface area contributed by atoms with Crippen molar-refractivity contribution in [3.63, 3.8) is 0 Å².